The van der Waals surface area contributed by atoms with Crippen molar-refractivity contribution in [3.05, 3.63) is 41.3 Å². The fourth-order valence-corrected chi connectivity index (χ4v) is 2.03. The molecule has 0 amide bonds. The van der Waals surface area contributed by atoms with E-state index in [4.69, 9.17) is 5.73 Å². The fourth-order valence-electron chi connectivity index (χ4n) is 1.66. The molecule has 0 aliphatic carbocycles. The first-order valence-corrected chi connectivity index (χ1v) is 5.76. The number of nitrogens with zero attached hydrogens (tertiary/aromatic N) is 4. The molecule has 0 aliphatic heterocycles. The van der Waals surface area contributed by atoms with Gasteiger partial charge in [0.05, 0.1) is 11.7 Å². The zero-order valence-corrected chi connectivity index (χ0v) is 10.3. The highest BCUT2D eigenvalue weighted by Crippen LogP contribution is 2.25. The Balaban J connectivity index is 2.31. The van der Waals surface area contributed by atoms with Crippen LogP contribution in [-0.4, -0.2) is 19.7 Å². The third-order valence-corrected chi connectivity index (χ3v) is 3.24. The molecule has 0 spiro atoms. The molecule has 2 heterocycles. The van der Waals surface area contributed by atoms with Gasteiger partial charge in [0, 0.05) is 5.39 Å². The Morgan fingerprint density at radius 3 is 2.88 bits per heavy atom. The van der Waals surface area contributed by atoms with E-state index in [1.54, 1.807) is 10.9 Å². The van der Waals surface area contributed by atoms with Crippen LogP contribution in [-0.2, 0) is 0 Å². The molecule has 84 valence electrons. The van der Waals surface area contributed by atoms with Crippen molar-refractivity contribution in [1.82, 2.24) is 19.7 Å². The molecule has 0 fully saturated rings. The number of halogens is 1. The molecule has 0 saturated heterocycles. The van der Waals surface area contributed by atoms with Crippen LogP contribution in [0.1, 0.15) is 0 Å². The minimum atomic E-state index is 0.398. The second-order valence-corrected chi connectivity index (χ2v) is 4.30. The van der Waals surface area contributed by atoms with Gasteiger partial charge in [0.1, 0.15) is 16.6 Å². The van der Waals surface area contributed by atoms with Crippen molar-refractivity contribution >= 4 is 32.7 Å². The maximum atomic E-state index is 5.73. The number of nitrogen functional groups attached to an aromatic ring is 1. The highest BCUT2D eigenvalue weighted by Gasteiger charge is 2.11. The van der Waals surface area contributed by atoms with Crippen molar-refractivity contribution < 1.29 is 0 Å². The van der Waals surface area contributed by atoms with Gasteiger partial charge in [0.15, 0.2) is 5.82 Å². The Labute approximate surface area is 105 Å². The lowest BCUT2D eigenvalue weighted by Gasteiger charge is -2.05. The summed E-state index contributed by atoms with van der Waals surface area (Å²) in [7, 11) is 0. The molecule has 2 aromatic heterocycles. The van der Waals surface area contributed by atoms with Gasteiger partial charge >= 0.3 is 0 Å². The van der Waals surface area contributed by atoms with Crippen LogP contribution in [0.4, 0.5) is 5.82 Å². The summed E-state index contributed by atoms with van der Waals surface area (Å²) < 4.78 is 2.38. The Hall–Kier alpha value is -1.95. The molecular formula is C11H8BrN5. The van der Waals surface area contributed by atoms with Crippen LogP contribution in [0.15, 0.2) is 41.3 Å². The van der Waals surface area contributed by atoms with E-state index in [2.05, 4.69) is 31.0 Å². The summed E-state index contributed by atoms with van der Waals surface area (Å²) in [5.41, 5.74) is 6.71. The van der Waals surface area contributed by atoms with Crippen LogP contribution in [0.25, 0.3) is 16.7 Å². The molecule has 3 rings (SSSR count). The summed E-state index contributed by atoms with van der Waals surface area (Å²) in [6.07, 6.45) is 3.21. The van der Waals surface area contributed by atoms with Gasteiger partial charge in [-0.05, 0) is 22.0 Å². The Morgan fingerprint density at radius 1 is 1.18 bits per heavy atom. The van der Waals surface area contributed by atoms with Gasteiger partial charge in [-0.2, -0.15) is 5.10 Å². The summed E-state index contributed by atoms with van der Waals surface area (Å²) in [4.78, 5) is 8.10. The highest BCUT2D eigenvalue weighted by molar-refractivity contribution is 9.10. The van der Waals surface area contributed by atoms with E-state index in [1.165, 1.54) is 6.33 Å². The lowest BCUT2D eigenvalue weighted by molar-refractivity contribution is 0.861. The van der Waals surface area contributed by atoms with Gasteiger partial charge in [-0.1, -0.05) is 18.2 Å². The normalized spacial score (nSPS) is 10.9. The molecule has 5 nitrogen and oxygen atoms in total. The van der Waals surface area contributed by atoms with Crippen LogP contribution in [0, 0.1) is 0 Å². The van der Waals surface area contributed by atoms with Crippen LogP contribution >= 0.6 is 15.9 Å². The molecule has 0 bridgehead atoms. The summed E-state index contributed by atoms with van der Waals surface area (Å²) in [5.74, 6) is 1.04. The van der Waals surface area contributed by atoms with Gasteiger partial charge < -0.3 is 5.73 Å². The lowest BCUT2D eigenvalue weighted by atomic mass is 10.2. The van der Waals surface area contributed by atoms with Gasteiger partial charge in [-0.15, -0.1) is 0 Å². The minimum Gasteiger partial charge on any atom is -0.383 e. The SMILES string of the molecule is Nc1ncnc(-n2ncc3ccccc32)c1Br. The molecule has 6 heteroatoms. The molecule has 3 aromatic rings. The molecule has 0 aliphatic rings. The number of rotatable bonds is 1. The Morgan fingerprint density at radius 2 is 2.00 bits per heavy atom. The van der Waals surface area contributed by atoms with E-state index < -0.39 is 0 Å². The van der Waals surface area contributed by atoms with Gasteiger partial charge in [0.2, 0.25) is 0 Å². The first kappa shape index (κ1) is 10.2. The summed E-state index contributed by atoms with van der Waals surface area (Å²) in [6.45, 7) is 0. The third kappa shape index (κ3) is 1.57. The number of anilines is 1. The number of nitrogens with two attached hydrogens (primary N) is 1. The smallest absolute Gasteiger partial charge is 0.173 e. The first-order chi connectivity index (χ1) is 8.27. The van der Waals surface area contributed by atoms with E-state index in [9.17, 15) is 0 Å². The summed E-state index contributed by atoms with van der Waals surface area (Å²) >= 11 is 3.38. The highest BCUT2D eigenvalue weighted by atomic mass is 79.9. The largest absolute Gasteiger partial charge is 0.383 e. The number of para-hydroxylation sites is 1. The molecule has 17 heavy (non-hydrogen) atoms. The zero-order valence-electron chi connectivity index (χ0n) is 8.71. The molecule has 0 atom stereocenters. The quantitative estimate of drug-likeness (QED) is 0.745. The Bertz CT molecular complexity index is 691. The minimum absolute atomic E-state index is 0.398. The first-order valence-electron chi connectivity index (χ1n) is 4.96. The van der Waals surface area contributed by atoms with Gasteiger partial charge in [0.25, 0.3) is 0 Å². The van der Waals surface area contributed by atoms with Gasteiger partial charge in [-0.25, -0.2) is 14.6 Å². The summed E-state index contributed by atoms with van der Waals surface area (Å²) in [6, 6.07) is 7.90. The van der Waals surface area contributed by atoms with E-state index >= 15 is 0 Å². The Kier molecular flexibility index (Phi) is 2.29. The van der Waals surface area contributed by atoms with Crippen molar-refractivity contribution in [3.8, 4) is 5.82 Å². The van der Waals surface area contributed by atoms with E-state index in [0.717, 1.165) is 10.9 Å². The topological polar surface area (TPSA) is 69.6 Å². The van der Waals surface area contributed by atoms with Crippen molar-refractivity contribution in [1.29, 1.82) is 0 Å². The van der Waals surface area contributed by atoms with Crippen molar-refractivity contribution in [3.63, 3.8) is 0 Å². The second-order valence-electron chi connectivity index (χ2n) is 3.51. The van der Waals surface area contributed by atoms with E-state index in [0.29, 0.717) is 16.1 Å². The predicted molar refractivity (Wildman–Crippen MR) is 68.8 cm³/mol. The monoisotopic (exact) mass is 289 g/mol. The van der Waals surface area contributed by atoms with Crippen molar-refractivity contribution in [2.75, 3.05) is 5.73 Å². The van der Waals surface area contributed by atoms with E-state index in [1.807, 2.05) is 24.3 Å². The van der Waals surface area contributed by atoms with Crippen LogP contribution in [0.3, 0.4) is 0 Å². The average Bonchev–Trinajstić information content (AvgIpc) is 2.77. The molecule has 0 radical (unpaired) electrons. The number of aromatic nitrogens is 4. The molecule has 0 saturated carbocycles. The molecular weight excluding hydrogens is 282 g/mol. The third-order valence-electron chi connectivity index (χ3n) is 2.48. The maximum Gasteiger partial charge on any atom is 0.173 e. The number of fused-ring (bicyclic) bond motifs is 1. The van der Waals surface area contributed by atoms with Crippen molar-refractivity contribution in [2.45, 2.75) is 0 Å². The number of hydrogen-bond donors (Lipinski definition) is 1. The number of benzene rings is 1. The van der Waals surface area contributed by atoms with Crippen LogP contribution in [0.5, 0.6) is 0 Å². The number of hydrogen-bond acceptors (Lipinski definition) is 4. The zero-order chi connectivity index (χ0) is 11.8. The van der Waals surface area contributed by atoms with E-state index in [-0.39, 0.29) is 0 Å². The second kappa shape index (κ2) is 3.81. The van der Waals surface area contributed by atoms with Crippen LogP contribution < -0.4 is 5.73 Å². The summed E-state index contributed by atoms with van der Waals surface area (Å²) in [5, 5.41) is 5.36. The lowest BCUT2D eigenvalue weighted by Crippen LogP contribution is -2.04. The standard InChI is InChI=1S/C11H8BrN5/c12-9-10(13)14-6-15-11(9)17-8-4-2-1-3-7(8)5-16-17/h1-6H,(H2,13,14,15). The van der Waals surface area contributed by atoms with Crippen LogP contribution in [0.2, 0.25) is 0 Å². The fraction of sp³-hybridized carbons (Fsp3) is 0. The predicted octanol–water partition coefficient (Wildman–Crippen LogP) is 2.16. The van der Waals surface area contributed by atoms with Gasteiger partial charge in [-0.3, -0.25) is 0 Å². The van der Waals surface area contributed by atoms with Crippen molar-refractivity contribution in [2.24, 2.45) is 0 Å². The molecule has 0 unspecified atom stereocenters. The maximum absolute atomic E-state index is 5.73. The average molecular weight is 290 g/mol. The molecule has 1 aromatic carbocycles. The molecule has 2 N–H and O–H groups in total.